The lowest BCUT2D eigenvalue weighted by Crippen LogP contribution is -2.37. The average molecular weight is 360 g/mol. The number of nitrogens with one attached hydrogen (secondary N) is 1. The van der Waals surface area contributed by atoms with Gasteiger partial charge in [0.15, 0.2) is 17.6 Å². The van der Waals surface area contributed by atoms with Crippen molar-refractivity contribution in [3.63, 3.8) is 0 Å². The van der Waals surface area contributed by atoms with Crippen LogP contribution in [0.1, 0.15) is 30.6 Å². The predicted octanol–water partition coefficient (Wildman–Crippen LogP) is 2.36. The lowest BCUT2D eigenvalue weighted by molar-refractivity contribution is -0.148. The van der Waals surface area contributed by atoms with E-state index in [0.717, 1.165) is 6.42 Å². The molecule has 1 aromatic carbocycles. The van der Waals surface area contributed by atoms with Crippen molar-refractivity contribution >= 4 is 23.5 Å². The molecule has 0 radical (unpaired) electrons. The highest BCUT2D eigenvalue weighted by molar-refractivity contribution is 6.32. The molecule has 1 atom stereocenters. The van der Waals surface area contributed by atoms with Gasteiger partial charge in [0.1, 0.15) is 0 Å². The molecule has 1 amide bonds. The number of carboxylic acids is 1. The summed E-state index contributed by atoms with van der Waals surface area (Å²) in [4.78, 5) is 23.1. The Kier molecular flexibility index (Phi) is 8.35. The van der Waals surface area contributed by atoms with Crippen LogP contribution >= 0.6 is 11.6 Å². The van der Waals surface area contributed by atoms with Crippen LogP contribution < -0.4 is 14.8 Å². The van der Waals surface area contributed by atoms with Crippen LogP contribution in [0.3, 0.4) is 0 Å². The average Bonchev–Trinajstić information content (AvgIpc) is 2.54. The zero-order chi connectivity index (χ0) is 18.1. The van der Waals surface area contributed by atoms with Gasteiger partial charge in [-0.3, -0.25) is 4.79 Å². The van der Waals surface area contributed by atoms with Gasteiger partial charge >= 0.3 is 5.97 Å². The summed E-state index contributed by atoms with van der Waals surface area (Å²) in [6.45, 7) is 4.46. The van der Waals surface area contributed by atoms with Crippen LogP contribution in [0.2, 0.25) is 5.02 Å². The normalized spacial score (nSPS) is 11.7. The van der Waals surface area contributed by atoms with Gasteiger partial charge in [-0.25, -0.2) is 4.79 Å². The SMILES string of the molecule is CCCOc1c(Cl)cc(C(=O)NCC(OC)C(=O)O)cc1OCC. The third-order valence-electron chi connectivity index (χ3n) is 3.03. The van der Waals surface area contributed by atoms with Crippen LogP contribution in [-0.2, 0) is 9.53 Å². The minimum Gasteiger partial charge on any atom is -0.490 e. The number of carboxylic acid groups (broad SMARTS) is 1. The summed E-state index contributed by atoms with van der Waals surface area (Å²) >= 11 is 6.19. The maximum Gasteiger partial charge on any atom is 0.334 e. The van der Waals surface area contributed by atoms with Gasteiger partial charge in [-0.15, -0.1) is 0 Å². The van der Waals surface area contributed by atoms with Crippen LogP contribution in [0, 0.1) is 0 Å². The van der Waals surface area contributed by atoms with Gasteiger partial charge in [-0.05, 0) is 25.5 Å². The largest absolute Gasteiger partial charge is 0.490 e. The van der Waals surface area contributed by atoms with Crippen LogP contribution in [0.15, 0.2) is 12.1 Å². The van der Waals surface area contributed by atoms with E-state index in [0.29, 0.717) is 24.7 Å². The maximum atomic E-state index is 12.2. The highest BCUT2D eigenvalue weighted by atomic mass is 35.5. The number of carbonyl (C=O) groups excluding carboxylic acids is 1. The summed E-state index contributed by atoms with van der Waals surface area (Å²) in [5.74, 6) is -0.889. The second-order valence-electron chi connectivity index (χ2n) is 4.84. The summed E-state index contributed by atoms with van der Waals surface area (Å²) in [6.07, 6.45) is -0.319. The molecule has 1 aromatic rings. The van der Waals surface area contributed by atoms with Gasteiger partial charge in [0, 0.05) is 12.7 Å². The molecule has 0 aliphatic heterocycles. The third-order valence-corrected chi connectivity index (χ3v) is 3.31. The third kappa shape index (κ3) is 5.58. The van der Waals surface area contributed by atoms with Gasteiger partial charge in [-0.2, -0.15) is 0 Å². The molecule has 2 N–H and O–H groups in total. The summed E-state index contributed by atoms with van der Waals surface area (Å²) in [5.41, 5.74) is 0.243. The number of ether oxygens (including phenoxy) is 3. The fourth-order valence-corrected chi connectivity index (χ4v) is 2.13. The molecule has 8 heteroatoms. The zero-order valence-corrected chi connectivity index (χ0v) is 14.7. The van der Waals surface area contributed by atoms with Crippen molar-refractivity contribution in [1.29, 1.82) is 0 Å². The van der Waals surface area contributed by atoms with Crippen molar-refractivity contribution in [2.45, 2.75) is 26.4 Å². The minimum atomic E-state index is -1.16. The molecule has 0 aliphatic rings. The van der Waals surface area contributed by atoms with E-state index in [1.807, 2.05) is 6.92 Å². The van der Waals surface area contributed by atoms with E-state index in [9.17, 15) is 9.59 Å². The quantitative estimate of drug-likeness (QED) is 0.666. The van der Waals surface area contributed by atoms with Crippen LogP contribution in [-0.4, -0.2) is 50.0 Å². The fourth-order valence-electron chi connectivity index (χ4n) is 1.87. The van der Waals surface area contributed by atoms with Gasteiger partial charge < -0.3 is 24.6 Å². The Morgan fingerprint density at radius 1 is 1.29 bits per heavy atom. The molecule has 7 nitrogen and oxygen atoms in total. The number of methoxy groups -OCH3 is 1. The van der Waals surface area contributed by atoms with Crippen LogP contribution in [0.25, 0.3) is 0 Å². The summed E-state index contributed by atoms with van der Waals surface area (Å²) in [5, 5.41) is 11.6. The lowest BCUT2D eigenvalue weighted by Gasteiger charge is -2.15. The Labute approximate surface area is 145 Å². The summed E-state index contributed by atoms with van der Waals surface area (Å²) in [6, 6.07) is 2.96. The maximum absolute atomic E-state index is 12.2. The molecule has 0 aliphatic carbocycles. The minimum absolute atomic E-state index is 0.166. The number of hydrogen-bond acceptors (Lipinski definition) is 5. The molecule has 0 bridgehead atoms. The van der Waals surface area contributed by atoms with Crippen molar-refractivity contribution in [3.05, 3.63) is 22.7 Å². The number of halogens is 1. The number of benzene rings is 1. The van der Waals surface area contributed by atoms with E-state index in [-0.39, 0.29) is 17.1 Å². The van der Waals surface area contributed by atoms with Crippen molar-refractivity contribution in [3.8, 4) is 11.5 Å². The van der Waals surface area contributed by atoms with Crippen molar-refractivity contribution in [2.24, 2.45) is 0 Å². The first-order valence-corrected chi connectivity index (χ1v) is 7.95. The molecule has 134 valence electrons. The monoisotopic (exact) mass is 359 g/mol. The Morgan fingerprint density at radius 3 is 2.54 bits per heavy atom. The highest BCUT2D eigenvalue weighted by Crippen LogP contribution is 2.36. The van der Waals surface area contributed by atoms with E-state index < -0.39 is 18.0 Å². The first kappa shape index (κ1) is 20.1. The second kappa shape index (κ2) is 10.00. The molecule has 1 rings (SSSR count). The molecule has 0 fully saturated rings. The van der Waals surface area contributed by atoms with E-state index in [1.54, 1.807) is 6.92 Å². The molecule has 0 saturated heterocycles. The van der Waals surface area contributed by atoms with E-state index in [1.165, 1.54) is 19.2 Å². The Morgan fingerprint density at radius 2 is 2.00 bits per heavy atom. The van der Waals surface area contributed by atoms with Gasteiger partial charge in [-0.1, -0.05) is 18.5 Å². The number of aliphatic carboxylic acids is 1. The van der Waals surface area contributed by atoms with E-state index in [2.05, 4.69) is 5.32 Å². The molecule has 24 heavy (non-hydrogen) atoms. The first-order valence-electron chi connectivity index (χ1n) is 7.57. The molecule has 0 heterocycles. The Balaban J connectivity index is 2.94. The smallest absolute Gasteiger partial charge is 0.334 e. The topological polar surface area (TPSA) is 94.1 Å². The molecular weight excluding hydrogens is 338 g/mol. The van der Waals surface area contributed by atoms with Crippen molar-refractivity contribution in [1.82, 2.24) is 5.32 Å². The molecule has 1 unspecified atom stereocenters. The second-order valence-corrected chi connectivity index (χ2v) is 5.25. The van der Waals surface area contributed by atoms with Crippen LogP contribution in [0.4, 0.5) is 0 Å². The van der Waals surface area contributed by atoms with Gasteiger partial charge in [0.2, 0.25) is 0 Å². The van der Waals surface area contributed by atoms with E-state index >= 15 is 0 Å². The summed E-state index contributed by atoms with van der Waals surface area (Å²) < 4.78 is 15.8. The van der Waals surface area contributed by atoms with Gasteiger partial charge in [0.05, 0.1) is 24.8 Å². The molecule has 0 aromatic heterocycles. The number of amides is 1. The predicted molar refractivity (Wildman–Crippen MR) is 89.2 cm³/mol. The molecule has 0 spiro atoms. The molecule has 0 saturated carbocycles. The Bertz CT molecular complexity index is 578. The number of rotatable bonds is 10. The molecular formula is C16H22ClNO6. The summed E-state index contributed by atoms with van der Waals surface area (Å²) in [7, 11) is 1.26. The van der Waals surface area contributed by atoms with Crippen molar-refractivity contribution < 1.29 is 28.9 Å². The van der Waals surface area contributed by atoms with Gasteiger partial charge in [0.25, 0.3) is 5.91 Å². The first-order chi connectivity index (χ1) is 11.4. The van der Waals surface area contributed by atoms with E-state index in [4.69, 9.17) is 30.9 Å². The van der Waals surface area contributed by atoms with Crippen molar-refractivity contribution in [2.75, 3.05) is 26.9 Å². The highest BCUT2D eigenvalue weighted by Gasteiger charge is 2.20. The van der Waals surface area contributed by atoms with Crippen LogP contribution in [0.5, 0.6) is 11.5 Å². The fraction of sp³-hybridized carbons (Fsp3) is 0.500. The number of carbonyl (C=O) groups is 2. The number of hydrogen-bond donors (Lipinski definition) is 2. The standard InChI is InChI=1S/C16H22ClNO6/c1-4-6-24-14-11(17)7-10(8-12(14)23-5-2)15(19)18-9-13(22-3)16(20)21/h7-8,13H,4-6,9H2,1-3H3,(H,18,19)(H,20,21). The Hall–Kier alpha value is -1.99. The zero-order valence-electron chi connectivity index (χ0n) is 13.9. The lowest BCUT2D eigenvalue weighted by atomic mass is 10.1.